The topological polar surface area (TPSA) is 426 Å². The van der Waals surface area contributed by atoms with E-state index in [0.29, 0.717) is 0 Å². The fraction of sp³-hybridized carbons (Fsp3) is 0.853. The molecule has 27 nitrogen and oxygen atoms in total. The maximum atomic E-state index is 13.0. The molecule has 21 unspecified atom stereocenters. The van der Waals surface area contributed by atoms with E-state index in [-0.39, 0.29) is 0 Å². The van der Waals surface area contributed by atoms with E-state index in [1.165, 1.54) is 6.92 Å². The Bertz CT molecular complexity index is 1520. The molecule has 4 fully saturated rings. The second kappa shape index (κ2) is 21.8. The Morgan fingerprint density at radius 1 is 0.557 bits per heavy atom. The van der Waals surface area contributed by atoms with Gasteiger partial charge in [0, 0.05) is 20.8 Å². The van der Waals surface area contributed by atoms with Crippen molar-refractivity contribution in [3.05, 3.63) is 0 Å². The number of carbonyl (C=O) groups excluding carboxylic acids is 5. The van der Waals surface area contributed by atoms with Gasteiger partial charge in [-0.2, -0.15) is 0 Å². The number of carbonyl (C=O) groups is 5. The highest BCUT2D eigenvalue weighted by Crippen LogP contribution is 2.34. The summed E-state index contributed by atoms with van der Waals surface area (Å²) in [6, 6.07) is -4.69. The molecule has 4 heterocycles. The van der Waals surface area contributed by atoms with Gasteiger partial charge in [-0.1, -0.05) is 0 Å². The van der Waals surface area contributed by atoms with Crippen molar-refractivity contribution in [3.8, 4) is 0 Å². The number of primary amides is 1. The smallest absolute Gasteiger partial charge is 0.240 e. The first kappa shape index (κ1) is 50.3. The molecule has 0 aliphatic carbocycles. The molecule has 27 heteroatoms. The van der Waals surface area contributed by atoms with E-state index in [4.69, 9.17) is 38.9 Å². The number of aliphatic hydroxyl groups excluding tert-OH is 10. The Labute approximate surface area is 347 Å². The van der Waals surface area contributed by atoms with Gasteiger partial charge in [0.25, 0.3) is 0 Å². The quantitative estimate of drug-likeness (QED) is 0.0684. The Hall–Kier alpha value is -3.33. The Balaban J connectivity index is 1.59. The molecule has 0 spiro atoms. The van der Waals surface area contributed by atoms with Gasteiger partial charge in [-0.05, 0) is 6.92 Å². The number of aliphatic hydroxyl groups is 10. The molecule has 350 valence electrons. The number of rotatable bonds is 16. The predicted molar refractivity (Wildman–Crippen MR) is 193 cm³/mol. The van der Waals surface area contributed by atoms with Crippen LogP contribution in [0, 0.1) is 0 Å². The van der Waals surface area contributed by atoms with Gasteiger partial charge in [-0.3, -0.25) is 24.0 Å². The van der Waals surface area contributed by atoms with Gasteiger partial charge in [-0.15, -0.1) is 0 Å². The van der Waals surface area contributed by atoms with Crippen molar-refractivity contribution in [1.29, 1.82) is 0 Å². The molecule has 61 heavy (non-hydrogen) atoms. The van der Waals surface area contributed by atoms with Crippen molar-refractivity contribution in [1.82, 2.24) is 21.3 Å². The van der Waals surface area contributed by atoms with Crippen LogP contribution in [0.15, 0.2) is 0 Å². The summed E-state index contributed by atoms with van der Waals surface area (Å²) in [5.74, 6) is -4.21. The lowest BCUT2D eigenvalue weighted by Crippen LogP contribution is -2.71. The van der Waals surface area contributed by atoms with Crippen LogP contribution in [-0.2, 0) is 57.1 Å². The van der Waals surface area contributed by atoms with Crippen molar-refractivity contribution in [2.75, 3.05) is 19.8 Å². The molecule has 4 aliphatic heterocycles. The number of nitrogens with one attached hydrogen (secondary N) is 4. The van der Waals surface area contributed by atoms with Gasteiger partial charge in [0.2, 0.25) is 29.5 Å². The maximum Gasteiger partial charge on any atom is 0.240 e. The lowest BCUT2D eigenvalue weighted by atomic mass is 9.93. The Morgan fingerprint density at radius 2 is 1.07 bits per heavy atom. The van der Waals surface area contributed by atoms with E-state index < -0.39 is 184 Å². The summed E-state index contributed by atoms with van der Waals surface area (Å²) in [5, 5.41) is 116. The van der Waals surface area contributed by atoms with Crippen LogP contribution in [0.4, 0.5) is 0 Å². The molecule has 4 rings (SSSR count). The average molecular weight is 888 g/mol. The summed E-state index contributed by atoms with van der Waals surface area (Å²) < 4.78 is 40.5. The summed E-state index contributed by atoms with van der Waals surface area (Å²) in [6.07, 6.45) is -32.0. The number of amides is 5. The van der Waals surface area contributed by atoms with Crippen LogP contribution < -0.4 is 27.0 Å². The second-order valence-electron chi connectivity index (χ2n) is 15.1. The Kier molecular flexibility index (Phi) is 18.0. The van der Waals surface area contributed by atoms with Crippen LogP contribution in [-0.4, -0.2) is 229 Å². The highest BCUT2D eigenvalue weighted by atomic mass is 16.8. The summed E-state index contributed by atoms with van der Waals surface area (Å²) in [4.78, 5) is 61.0. The first-order chi connectivity index (χ1) is 28.6. The highest BCUT2D eigenvalue weighted by Gasteiger charge is 2.56. The number of hydrogen-bond acceptors (Lipinski definition) is 22. The number of ether oxygens (including phenoxy) is 7. The lowest BCUT2D eigenvalue weighted by molar-refractivity contribution is -0.385. The minimum atomic E-state index is -1.97. The summed E-state index contributed by atoms with van der Waals surface area (Å²) >= 11 is 0. The van der Waals surface area contributed by atoms with E-state index in [2.05, 4.69) is 21.3 Å². The third kappa shape index (κ3) is 12.0. The van der Waals surface area contributed by atoms with Crippen LogP contribution in [0.1, 0.15) is 34.1 Å². The van der Waals surface area contributed by atoms with Crippen LogP contribution in [0.25, 0.3) is 0 Å². The van der Waals surface area contributed by atoms with Gasteiger partial charge in [0.15, 0.2) is 25.1 Å². The van der Waals surface area contributed by atoms with Gasteiger partial charge >= 0.3 is 0 Å². The van der Waals surface area contributed by atoms with Crippen molar-refractivity contribution in [2.24, 2.45) is 5.73 Å². The molecular formula is C34H57N5O22. The number of hydrogen-bond donors (Lipinski definition) is 15. The second-order valence-corrected chi connectivity index (χ2v) is 15.1. The molecule has 0 aromatic rings. The van der Waals surface area contributed by atoms with Crippen LogP contribution in [0.3, 0.4) is 0 Å². The molecule has 4 saturated heterocycles. The molecule has 0 aromatic heterocycles. The maximum absolute atomic E-state index is 13.0. The van der Waals surface area contributed by atoms with Gasteiger partial charge in [0.1, 0.15) is 97.5 Å². The molecule has 16 N–H and O–H groups in total. The highest BCUT2D eigenvalue weighted by molar-refractivity contribution is 5.90. The third-order valence-electron chi connectivity index (χ3n) is 10.4. The third-order valence-corrected chi connectivity index (χ3v) is 10.4. The van der Waals surface area contributed by atoms with E-state index in [9.17, 15) is 75.0 Å². The SMILES string of the molecule is CC(=O)NC(CC(=O)NC1OC(CO)C(OC2OC(CO)C(OC3OC(CO)C(O)C(O)C3OC3OC(C)C(O)C(O)C3O)C(O)C2NC(C)=O)C(O)C1NC(C)=O)C(N)=O. The average Bonchev–Trinajstić information content (AvgIpc) is 3.19. The first-order valence-electron chi connectivity index (χ1n) is 19.2. The lowest BCUT2D eigenvalue weighted by Gasteiger charge is -2.50. The summed E-state index contributed by atoms with van der Waals surface area (Å²) in [7, 11) is 0. The molecule has 5 amide bonds. The number of nitrogens with two attached hydrogens (primary N) is 1. The van der Waals surface area contributed by atoms with E-state index >= 15 is 0 Å². The minimum Gasteiger partial charge on any atom is -0.394 e. The molecule has 0 bridgehead atoms. The summed E-state index contributed by atoms with van der Waals surface area (Å²) in [5.41, 5.74) is 5.28. The molecule has 4 aliphatic rings. The van der Waals surface area contributed by atoms with E-state index in [0.717, 1.165) is 20.8 Å². The predicted octanol–water partition coefficient (Wildman–Crippen LogP) is -9.93. The molecular weight excluding hydrogens is 830 g/mol. The van der Waals surface area contributed by atoms with Gasteiger partial charge < -0.3 is 111 Å². The van der Waals surface area contributed by atoms with Crippen LogP contribution >= 0.6 is 0 Å². The molecule has 0 radical (unpaired) electrons. The first-order valence-corrected chi connectivity index (χ1v) is 19.2. The standard InChI is InChI=1S/C34H57N5O22/c1-9-20(47)24(51)26(53)33(55-9)61-29-25(52)21(48)14(6-40)57-34(29)60-28-16(8-42)58-32(19(23(28)50)38-12(4)45)59-27-15(7-41)56-31(18(22(27)49)37-11(3)44)39-17(46)5-13(30(35)54)36-10(2)43/h9,13-16,18-29,31-34,40-42,47-53H,5-8H2,1-4H3,(H2,35,54)(H,36,43)(H,37,44)(H,38,45)(H,39,46). The normalized spacial score (nSPS) is 42.1. The molecule has 21 atom stereocenters. The zero-order valence-corrected chi connectivity index (χ0v) is 33.4. The fourth-order valence-electron chi connectivity index (χ4n) is 7.30. The summed E-state index contributed by atoms with van der Waals surface area (Å²) in [6.45, 7) is 1.73. The zero-order valence-electron chi connectivity index (χ0n) is 33.4. The molecule has 0 aromatic carbocycles. The van der Waals surface area contributed by atoms with Crippen molar-refractivity contribution in [3.63, 3.8) is 0 Å². The molecule has 0 saturated carbocycles. The van der Waals surface area contributed by atoms with E-state index in [1.54, 1.807) is 0 Å². The van der Waals surface area contributed by atoms with Gasteiger partial charge in [-0.25, -0.2) is 0 Å². The largest absolute Gasteiger partial charge is 0.394 e. The van der Waals surface area contributed by atoms with Crippen molar-refractivity contribution >= 4 is 29.5 Å². The van der Waals surface area contributed by atoms with Crippen LogP contribution in [0.2, 0.25) is 0 Å². The van der Waals surface area contributed by atoms with Crippen molar-refractivity contribution < 1.29 is 108 Å². The monoisotopic (exact) mass is 887 g/mol. The van der Waals surface area contributed by atoms with Crippen LogP contribution in [0.5, 0.6) is 0 Å². The fourth-order valence-corrected chi connectivity index (χ4v) is 7.30. The van der Waals surface area contributed by atoms with Crippen molar-refractivity contribution in [2.45, 2.75) is 163 Å². The Morgan fingerprint density at radius 3 is 1.61 bits per heavy atom. The zero-order chi connectivity index (χ0) is 45.6. The van der Waals surface area contributed by atoms with E-state index in [1.807, 2.05) is 0 Å². The van der Waals surface area contributed by atoms with Gasteiger partial charge in [0.05, 0.1) is 32.3 Å². The minimum absolute atomic E-state index is 0.676.